The van der Waals surface area contributed by atoms with E-state index in [0.717, 1.165) is 16.6 Å². The Labute approximate surface area is 98.7 Å². The largest absolute Gasteiger partial charge is 0.278 e. The molecule has 0 aliphatic rings. The molecule has 0 aliphatic carbocycles. The second-order valence-corrected chi connectivity index (χ2v) is 4.82. The van der Waals surface area contributed by atoms with Crippen LogP contribution in [0.2, 0.25) is 0 Å². The van der Waals surface area contributed by atoms with E-state index in [4.69, 9.17) is 0 Å². The predicted octanol–water partition coefficient (Wildman–Crippen LogP) is 3.82. The van der Waals surface area contributed by atoms with Gasteiger partial charge in [-0.2, -0.15) is 0 Å². The van der Waals surface area contributed by atoms with Crippen LogP contribution in [0, 0.1) is 0 Å². The number of allylic oxidation sites excluding steroid dienone is 1. The van der Waals surface area contributed by atoms with Gasteiger partial charge in [-0.3, -0.25) is 4.99 Å². The summed E-state index contributed by atoms with van der Waals surface area (Å²) in [5, 5.41) is 2.05. The molecule has 4 heteroatoms. The normalized spacial score (nSPS) is 12.3. The molecule has 15 heavy (non-hydrogen) atoms. The molecule has 0 bridgehead atoms. The van der Waals surface area contributed by atoms with Crippen molar-refractivity contribution in [1.29, 1.82) is 0 Å². The quantitative estimate of drug-likeness (QED) is 0.453. The van der Waals surface area contributed by atoms with E-state index in [1.54, 1.807) is 27.8 Å². The first-order valence-electron chi connectivity index (χ1n) is 4.79. The Morgan fingerprint density at radius 1 is 1.53 bits per heavy atom. The van der Waals surface area contributed by atoms with Crippen LogP contribution in [0.15, 0.2) is 46.6 Å². The molecule has 1 rings (SSSR count). The molecule has 0 fully saturated rings. The van der Waals surface area contributed by atoms with Gasteiger partial charge in [0.05, 0.1) is 0 Å². The zero-order valence-corrected chi connectivity index (χ0v) is 10.5. The molecule has 0 radical (unpaired) electrons. The smallest absolute Gasteiger partial charge is 0.107 e. The van der Waals surface area contributed by atoms with Gasteiger partial charge in [-0.1, -0.05) is 12.1 Å². The highest BCUT2D eigenvalue weighted by Gasteiger charge is 1.98. The fraction of sp³-hybridized carbons (Fsp3) is 0.273. The molecule has 0 saturated heterocycles. The van der Waals surface area contributed by atoms with Crippen molar-refractivity contribution in [1.82, 2.24) is 4.98 Å². The fourth-order valence-electron chi connectivity index (χ4n) is 0.887. The van der Waals surface area contributed by atoms with Gasteiger partial charge in [0.15, 0.2) is 0 Å². The third-order valence-corrected chi connectivity index (χ3v) is 3.68. The number of aromatic nitrogens is 1. The van der Waals surface area contributed by atoms with E-state index < -0.39 is 0 Å². The van der Waals surface area contributed by atoms with Gasteiger partial charge >= 0.3 is 0 Å². The summed E-state index contributed by atoms with van der Waals surface area (Å²) in [6, 6.07) is 5.90. The first-order chi connectivity index (χ1) is 7.36. The third kappa shape index (κ3) is 5.04. The minimum absolute atomic E-state index is 0.815. The summed E-state index contributed by atoms with van der Waals surface area (Å²) in [6.45, 7) is 4.85. The number of nitrogens with zero attached hydrogens (tertiary/aromatic N) is 2. The Morgan fingerprint density at radius 3 is 3.00 bits per heavy atom. The van der Waals surface area contributed by atoms with E-state index in [2.05, 4.69) is 9.98 Å². The van der Waals surface area contributed by atoms with Crippen molar-refractivity contribution >= 4 is 26.6 Å². The first kappa shape index (κ1) is 12.3. The Kier molecular flexibility index (Phi) is 6.20. The Balaban J connectivity index is 2.51. The lowest BCUT2D eigenvalue weighted by atomic mass is 10.5. The van der Waals surface area contributed by atoms with Gasteiger partial charge in [-0.05, 0) is 53.6 Å². The van der Waals surface area contributed by atoms with Crippen LogP contribution in [0.3, 0.4) is 0 Å². The summed E-state index contributed by atoms with van der Waals surface area (Å²) in [7, 11) is 3.27. The summed E-state index contributed by atoms with van der Waals surface area (Å²) in [5.74, 6) is 0. The first-order valence-corrected chi connectivity index (χ1v) is 6.94. The number of aliphatic imine (C=N–C) groups is 1. The van der Waals surface area contributed by atoms with E-state index in [-0.39, 0.29) is 0 Å². The summed E-state index contributed by atoms with van der Waals surface area (Å²) in [4.78, 5) is 8.61. The van der Waals surface area contributed by atoms with Gasteiger partial charge in [-0.15, -0.1) is 0 Å². The molecule has 0 amide bonds. The monoisotopic (exact) mass is 238 g/mol. The zero-order chi connectivity index (χ0) is 10.9. The molecule has 0 aromatic carbocycles. The van der Waals surface area contributed by atoms with Gasteiger partial charge in [0.1, 0.15) is 10.1 Å². The lowest BCUT2D eigenvalue weighted by Gasteiger charge is -1.99. The van der Waals surface area contributed by atoms with Crippen molar-refractivity contribution in [3.8, 4) is 0 Å². The molecule has 1 heterocycles. The zero-order valence-electron chi connectivity index (χ0n) is 8.88. The highest BCUT2D eigenvalue weighted by atomic mass is 33.1. The standard InChI is InChI=1S/C11H14N2S2/c1-3-7-10(12-4-2)14-15-11-8-5-6-9-13-11/h3,5-9H,4H2,1-2H3/b7-3-,12-10?. The van der Waals surface area contributed by atoms with E-state index in [1.807, 2.05) is 44.2 Å². The van der Waals surface area contributed by atoms with Crippen molar-refractivity contribution in [2.75, 3.05) is 6.54 Å². The number of pyridine rings is 1. The fourth-order valence-corrected chi connectivity index (χ4v) is 2.80. The second kappa shape index (κ2) is 7.54. The summed E-state index contributed by atoms with van der Waals surface area (Å²) in [6.07, 6.45) is 5.82. The molecule has 0 atom stereocenters. The summed E-state index contributed by atoms with van der Waals surface area (Å²) < 4.78 is 0. The number of hydrogen-bond donors (Lipinski definition) is 0. The topological polar surface area (TPSA) is 25.2 Å². The van der Waals surface area contributed by atoms with Crippen LogP contribution in [0.25, 0.3) is 0 Å². The minimum Gasteiger partial charge on any atom is -0.278 e. The van der Waals surface area contributed by atoms with Crippen LogP contribution >= 0.6 is 21.6 Å². The molecular weight excluding hydrogens is 224 g/mol. The van der Waals surface area contributed by atoms with Gasteiger partial charge in [0.25, 0.3) is 0 Å². The third-order valence-electron chi connectivity index (χ3n) is 1.47. The molecule has 80 valence electrons. The van der Waals surface area contributed by atoms with Gasteiger partial charge in [0.2, 0.25) is 0 Å². The van der Waals surface area contributed by atoms with E-state index in [0.29, 0.717) is 0 Å². The van der Waals surface area contributed by atoms with Crippen LogP contribution in [-0.2, 0) is 0 Å². The SMILES string of the molecule is C/C=C\C(=NCC)SSc1ccccn1. The summed E-state index contributed by atoms with van der Waals surface area (Å²) >= 11 is 0. The predicted molar refractivity (Wildman–Crippen MR) is 70.5 cm³/mol. The average molecular weight is 238 g/mol. The maximum absolute atomic E-state index is 4.37. The lowest BCUT2D eigenvalue weighted by molar-refractivity contribution is 1.14. The maximum atomic E-state index is 4.37. The van der Waals surface area contributed by atoms with Crippen molar-refractivity contribution < 1.29 is 0 Å². The summed E-state index contributed by atoms with van der Waals surface area (Å²) in [5.41, 5.74) is 0. The molecule has 0 aliphatic heterocycles. The van der Waals surface area contributed by atoms with Crippen molar-refractivity contribution in [3.63, 3.8) is 0 Å². The van der Waals surface area contributed by atoms with Crippen molar-refractivity contribution in [2.24, 2.45) is 4.99 Å². The Morgan fingerprint density at radius 2 is 2.40 bits per heavy atom. The molecule has 2 nitrogen and oxygen atoms in total. The second-order valence-electron chi connectivity index (χ2n) is 2.65. The van der Waals surface area contributed by atoms with Crippen LogP contribution < -0.4 is 0 Å². The van der Waals surface area contributed by atoms with Crippen LogP contribution in [0.5, 0.6) is 0 Å². The average Bonchev–Trinajstić information content (AvgIpc) is 2.28. The van der Waals surface area contributed by atoms with Crippen molar-refractivity contribution in [3.05, 3.63) is 36.5 Å². The Hall–Kier alpha value is -0.740. The minimum atomic E-state index is 0.815. The molecule has 1 aromatic heterocycles. The van der Waals surface area contributed by atoms with Gasteiger partial charge in [0, 0.05) is 12.7 Å². The van der Waals surface area contributed by atoms with Crippen LogP contribution in [0.4, 0.5) is 0 Å². The van der Waals surface area contributed by atoms with Gasteiger partial charge in [-0.25, -0.2) is 4.98 Å². The van der Waals surface area contributed by atoms with Gasteiger partial charge < -0.3 is 0 Å². The molecule has 0 saturated carbocycles. The molecule has 1 aromatic rings. The molecule has 0 N–H and O–H groups in total. The molecular formula is C11H14N2S2. The lowest BCUT2D eigenvalue weighted by Crippen LogP contribution is -1.85. The van der Waals surface area contributed by atoms with Crippen LogP contribution in [-0.4, -0.2) is 16.6 Å². The van der Waals surface area contributed by atoms with E-state index >= 15 is 0 Å². The van der Waals surface area contributed by atoms with Crippen molar-refractivity contribution in [2.45, 2.75) is 18.9 Å². The Bertz CT molecular complexity index is 334. The maximum Gasteiger partial charge on any atom is 0.107 e. The number of rotatable bonds is 4. The van der Waals surface area contributed by atoms with Crippen LogP contribution in [0.1, 0.15) is 13.8 Å². The highest BCUT2D eigenvalue weighted by Crippen LogP contribution is 2.30. The number of hydrogen-bond acceptors (Lipinski definition) is 4. The van der Waals surface area contributed by atoms with E-state index in [9.17, 15) is 0 Å². The highest BCUT2D eigenvalue weighted by molar-refractivity contribution is 8.82. The molecule has 0 spiro atoms. The van der Waals surface area contributed by atoms with E-state index in [1.165, 1.54) is 0 Å². The molecule has 0 unspecified atom stereocenters.